The average Bonchev–Trinajstić information content (AvgIpc) is 2.77. The van der Waals surface area contributed by atoms with Crippen LogP contribution in [0.5, 0.6) is 5.75 Å². The topological polar surface area (TPSA) is 21.3 Å². The zero-order valence-corrected chi connectivity index (χ0v) is 13.0. The molecule has 0 aliphatic carbocycles. The Morgan fingerprint density at radius 3 is 3.16 bits per heavy atom. The van der Waals surface area contributed by atoms with E-state index in [4.69, 9.17) is 16.3 Å². The van der Waals surface area contributed by atoms with Crippen LogP contribution in [0.4, 0.5) is 0 Å². The van der Waals surface area contributed by atoms with Gasteiger partial charge < -0.3 is 10.1 Å². The minimum atomic E-state index is 0.344. The molecule has 3 rings (SSSR count). The van der Waals surface area contributed by atoms with Crippen LogP contribution in [0, 0.1) is 5.92 Å². The number of fused-ring (bicyclic) bond motifs is 3. The summed E-state index contributed by atoms with van der Waals surface area (Å²) in [6.45, 7) is 6.23. The third-order valence-electron chi connectivity index (χ3n) is 4.00. The van der Waals surface area contributed by atoms with Crippen molar-refractivity contribution in [2.24, 2.45) is 5.92 Å². The van der Waals surface area contributed by atoms with Gasteiger partial charge in [0.2, 0.25) is 0 Å². The van der Waals surface area contributed by atoms with Crippen LogP contribution in [0.25, 0.3) is 0 Å². The quantitative estimate of drug-likeness (QED) is 0.897. The van der Waals surface area contributed by atoms with Crippen molar-refractivity contribution in [1.82, 2.24) is 5.32 Å². The van der Waals surface area contributed by atoms with Crippen molar-refractivity contribution < 1.29 is 4.74 Å². The van der Waals surface area contributed by atoms with Gasteiger partial charge in [0.15, 0.2) is 0 Å². The van der Waals surface area contributed by atoms with Crippen LogP contribution in [0.1, 0.15) is 36.6 Å². The van der Waals surface area contributed by atoms with Gasteiger partial charge in [0.05, 0.1) is 6.61 Å². The Balaban J connectivity index is 2.14. The minimum absolute atomic E-state index is 0.344. The standard InChI is InChI=1S/C15H20ClNOS/c1-3-17-14-9(2)7-19-8-11-13(14)12(16)6-10-4-5-18-15(10)11/h6,9,14,17H,3-5,7-8H2,1-2H3. The van der Waals surface area contributed by atoms with E-state index in [2.05, 4.69) is 25.2 Å². The summed E-state index contributed by atoms with van der Waals surface area (Å²) in [5, 5.41) is 4.53. The smallest absolute Gasteiger partial charge is 0.127 e. The van der Waals surface area contributed by atoms with Crippen molar-refractivity contribution in [2.45, 2.75) is 32.1 Å². The second kappa shape index (κ2) is 5.55. The summed E-state index contributed by atoms with van der Waals surface area (Å²) in [7, 11) is 0. The lowest BCUT2D eigenvalue weighted by Crippen LogP contribution is -2.28. The molecule has 0 saturated carbocycles. The van der Waals surface area contributed by atoms with Crippen LogP contribution in [0.15, 0.2) is 6.07 Å². The molecule has 2 heterocycles. The molecule has 19 heavy (non-hydrogen) atoms. The predicted molar refractivity (Wildman–Crippen MR) is 82.4 cm³/mol. The first-order valence-corrected chi connectivity index (χ1v) is 8.53. The van der Waals surface area contributed by atoms with E-state index in [1.54, 1.807) is 0 Å². The van der Waals surface area contributed by atoms with E-state index in [-0.39, 0.29) is 0 Å². The molecule has 0 aromatic heterocycles. The first kappa shape index (κ1) is 13.6. The molecule has 1 aromatic rings. The van der Waals surface area contributed by atoms with E-state index in [1.807, 2.05) is 11.8 Å². The van der Waals surface area contributed by atoms with Crippen molar-refractivity contribution in [1.29, 1.82) is 0 Å². The molecule has 0 fully saturated rings. The van der Waals surface area contributed by atoms with Crippen molar-refractivity contribution in [3.05, 3.63) is 27.8 Å². The van der Waals surface area contributed by atoms with Crippen LogP contribution < -0.4 is 10.1 Å². The maximum atomic E-state index is 6.59. The van der Waals surface area contributed by atoms with Crippen molar-refractivity contribution in [3.8, 4) is 5.75 Å². The molecule has 0 spiro atoms. The van der Waals surface area contributed by atoms with Gasteiger partial charge in [0.1, 0.15) is 5.75 Å². The molecule has 0 radical (unpaired) electrons. The zero-order valence-electron chi connectivity index (χ0n) is 11.5. The summed E-state index contributed by atoms with van der Waals surface area (Å²) in [5.74, 6) is 3.88. The highest BCUT2D eigenvalue weighted by Gasteiger charge is 2.31. The van der Waals surface area contributed by atoms with E-state index < -0.39 is 0 Å². The third kappa shape index (κ3) is 2.37. The second-order valence-corrected chi connectivity index (χ2v) is 6.80. The fraction of sp³-hybridized carbons (Fsp3) is 0.600. The Labute approximate surface area is 124 Å². The lowest BCUT2D eigenvalue weighted by atomic mass is 9.90. The predicted octanol–water partition coefficient (Wildman–Crippen LogP) is 3.81. The third-order valence-corrected chi connectivity index (χ3v) is 5.57. The number of benzene rings is 1. The molecule has 4 heteroatoms. The first-order valence-electron chi connectivity index (χ1n) is 7.00. The van der Waals surface area contributed by atoms with Gasteiger partial charge in [-0.3, -0.25) is 0 Å². The second-order valence-electron chi connectivity index (χ2n) is 5.37. The summed E-state index contributed by atoms with van der Waals surface area (Å²) in [4.78, 5) is 0. The lowest BCUT2D eigenvalue weighted by molar-refractivity contribution is 0.352. The number of nitrogens with one attached hydrogen (secondary N) is 1. The monoisotopic (exact) mass is 297 g/mol. The highest BCUT2D eigenvalue weighted by molar-refractivity contribution is 7.98. The highest BCUT2D eigenvalue weighted by atomic mass is 35.5. The van der Waals surface area contributed by atoms with Gasteiger partial charge in [-0.25, -0.2) is 0 Å². The molecule has 2 unspecified atom stereocenters. The number of rotatable bonds is 2. The van der Waals surface area contributed by atoms with Gasteiger partial charge in [-0.05, 0) is 35.4 Å². The average molecular weight is 298 g/mol. The molecule has 2 atom stereocenters. The Bertz CT molecular complexity index is 492. The van der Waals surface area contributed by atoms with Crippen LogP contribution >= 0.6 is 23.4 Å². The largest absolute Gasteiger partial charge is 0.493 e. The summed E-state index contributed by atoms with van der Waals surface area (Å²) >= 11 is 8.58. The number of halogens is 1. The maximum absolute atomic E-state index is 6.59. The van der Waals surface area contributed by atoms with E-state index in [0.717, 1.165) is 41.9 Å². The summed E-state index contributed by atoms with van der Waals surface area (Å²) in [6.07, 6.45) is 0.994. The van der Waals surface area contributed by atoms with E-state index in [1.165, 1.54) is 16.7 Å². The maximum Gasteiger partial charge on any atom is 0.127 e. The van der Waals surface area contributed by atoms with Crippen molar-refractivity contribution >= 4 is 23.4 Å². The molecular formula is C15H20ClNOS. The fourth-order valence-electron chi connectivity index (χ4n) is 3.12. The van der Waals surface area contributed by atoms with Gasteiger partial charge in [0.25, 0.3) is 0 Å². The molecule has 1 aromatic carbocycles. The molecule has 2 aliphatic rings. The highest BCUT2D eigenvalue weighted by Crippen LogP contribution is 2.45. The minimum Gasteiger partial charge on any atom is -0.493 e. The summed E-state index contributed by atoms with van der Waals surface area (Å²) < 4.78 is 5.87. The van der Waals surface area contributed by atoms with E-state index in [0.29, 0.717) is 12.0 Å². The first-order chi connectivity index (χ1) is 9.22. The molecule has 2 aliphatic heterocycles. The summed E-state index contributed by atoms with van der Waals surface area (Å²) in [5.41, 5.74) is 3.90. The van der Waals surface area contributed by atoms with E-state index in [9.17, 15) is 0 Å². The van der Waals surface area contributed by atoms with Gasteiger partial charge >= 0.3 is 0 Å². The number of ether oxygens (including phenoxy) is 1. The number of thioether (sulfide) groups is 1. The molecule has 0 saturated heterocycles. The fourth-order valence-corrected chi connectivity index (χ4v) is 4.65. The zero-order chi connectivity index (χ0) is 13.4. The van der Waals surface area contributed by atoms with Gasteiger partial charge in [-0.2, -0.15) is 11.8 Å². The molecular weight excluding hydrogens is 278 g/mol. The molecule has 1 N–H and O–H groups in total. The van der Waals surface area contributed by atoms with Crippen LogP contribution in [0.3, 0.4) is 0 Å². The van der Waals surface area contributed by atoms with Crippen LogP contribution in [-0.2, 0) is 12.2 Å². The molecule has 0 bridgehead atoms. The Hall–Kier alpha value is -0.380. The Morgan fingerprint density at radius 1 is 1.53 bits per heavy atom. The van der Waals surface area contributed by atoms with Crippen LogP contribution in [0.2, 0.25) is 5.02 Å². The Kier molecular flexibility index (Phi) is 3.97. The van der Waals surface area contributed by atoms with Crippen molar-refractivity contribution in [3.63, 3.8) is 0 Å². The van der Waals surface area contributed by atoms with E-state index >= 15 is 0 Å². The number of hydrogen-bond acceptors (Lipinski definition) is 3. The number of hydrogen-bond donors (Lipinski definition) is 1. The molecule has 104 valence electrons. The lowest BCUT2D eigenvalue weighted by Gasteiger charge is -2.25. The van der Waals surface area contributed by atoms with Gasteiger partial charge in [-0.15, -0.1) is 0 Å². The van der Waals surface area contributed by atoms with Gasteiger partial charge in [0, 0.05) is 28.8 Å². The SMILES string of the molecule is CCNC1c2c(Cl)cc3c(c2CSCC1C)OCC3. The van der Waals surface area contributed by atoms with Crippen molar-refractivity contribution in [2.75, 3.05) is 18.9 Å². The summed E-state index contributed by atoms with van der Waals surface area (Å²) in [6, 6.07) is 2.47. The molecule has 0 amide bonds. The molecule has 2 nitrogen and oxygen atoms in total. The van der Waals surface area contributed by atoms with Crippen LogP contribution in [-0.4, -0.2) is 18.9 Å². The Morgan fingerprint density at radius 2 is 2.37 bits per heavy atom. The normalized spacial score (nSPS) is 25.4. The van der Waals surface area contributed by atoms with Gasteiger partial charge in [-0.1, -0.05) is 25.4 Å².